The van der Waals surface area contributed by atoms with Gasteiger partial charge in [0, 0.05) is 11.3 Å². The smallest absolute Gasteiger partial charge is 0.327 e. The fourth-order valence-electron chi connectivity index (χ4n) is 4.26. The van der Waals surface area contributed by atoms with Crippen LogP contribution in [-0.4, -0.2) is 86.8 Å². The second-order valence-corrected chi connectivity index (χ2v) is 10.3. The topological polar surface area (TPSA) is 131 Å². The number of fused-ring (bicyclic) bond motifs is 1. The number of aliphatic carboxylic acids is 1. The summed E-state index contributed by atoms with van der Waals surface area (Å²) in [6.07, 6.45) is 1.61. The molecule has 11 heteroatoms. The molecule has 4 rings (SSSR count). The quantitative estimate of drug-likeness (QED) is 0.482. The van der Waals surface area contributed by atoms with Crippen LogP contribution in [0.5, 0.6) is 0 Å². The van der Waals surface area contributed by atoms with Gasteiger partial charge in [-0.25, -0.2) is 4.79 Å². The van der Waals surface area contributed by atoms with Crippen molar-refractivity contribution < 1.29 is 24.3 Å². The van der Waals surface area contributed by atoms with Crippen LogP contribution in [-0.2, 0) is 19.2 Å². The highest BCUT2D eigenvalue weighted by Gasteiger charge is 2.64. The van der Waals surface area contributed by atoms with Crippen LogP contribution in [0.25, 0.3) is 0 Å². The maximum atomic E-state index is 13.2. The van der Waals surface area contributed by atoms with E-state index in [1.165, 1.54) is 16.7 Å². The van der Waals surface area contributed by atoms with E-state index in [1.54, 1.807) is 55.4 Å². The van der Waals surface area contributed by atoms with E-state index >= 15 is 0 Å². The Balaban J connectivity index is 1.47. The number of hydrogen-bond donors (Lipinski definition) is 3. The van der Waals surface area contributed by atoms with Crippen molar-refractivity contribution in [2.75, 3.05) is 19.6 Å². The first-order valence-electron chi connectivity index (χ1n) is 10.3. The summed E-state index contributed by atoms with van der Waals surface area (Å²) < 4.78 is -0.685. The molecule has 10 nitrogen and oxygen atoms in total. The minimum Gasteiger partial charge on any atom is -0.480 e. The van der Waals surface area contributed by atoms with E-state index in [1.807, 2.05) is 0 Å². The molecule has 3 heterocycles. The lowest BCUT2D eigenvalue weighted by Crippen LogP contribution is -2.71. The molecule has 3 amide bonds. The molecule has 170 valence electrons. The van der Waals surface area contributed by atoms with Crippen LogP contribution in [0, 0.1) is 0 Å². The number of carboxylic acid groups (broad SMARTS) is 1. The van der Waals surface area contributed by atoms with Gasteiger partial charge in [-0.15, -0.1) is 11.8 Å². The molecule has 0 saturated carbocycles. The Labute approximate surface area is 189 Å². The summed E-state index contributed by atoms with van der Waals surface area (Å²) >= 11 is 1.35. The summed E-state index contributed by atoms with van der Waals surface area (Å²) in [6.45, 7) is 4.89. The first-order valence-corrected chi connectivity index (χ1v) is 11.2. The number of rotatable bonds is 7. The summed E-state index contributed by atoms with van der Waals surface area (Å²) in [5.41, 5.74) is 0.583. The molecule has 3 aliphatic rings. The van der Waals surface area contributed by atoms with Gasteiger partial charge in [0.1, 0.15) is 23.5 Å². The van der Waals surface area contributed by atoms with Crippen LogP contribution in [0.3, 0.4) is 0 Å². The van der Waals surface area contributed by atoms with Crippen molar-refractivity contribution in [1.29, 1.82) is 0 Å². The zero-order valence-corrected chi connectivity index (χ0v) is 18.5. The van der Waals surface area contributed by atoms with Gasteiger partial charge in [-0.1, -0.05) is 30.3 Å². The fourth-order valence-corrected chi connectivity index (χ4v) is 5.88. The first kappa shape index (κ1) is 22.1. The van der Waals surface area contributed by atoms with Crippen LogP contribution in [0.4, 0.5) is 0 Å². The summed E-state index contributed by atoms with van der Waals surface area (Å²) in [6, 6.07) is 6.00. The van der Waals surface area contributed by atoms with Gasteiger partial charge in [-0.2, -0.15) is 0 Å². The molecule has 1 aromatic carbocycles. The summed E-state index contributed by atoms with van der Waals surface area (Å²) in [4.78, 5) is 57.3. The number of nitrogens with one attached hydrogen (secondary N) is 2. The first-order chi connectivity index (χ1) is 15.2. The standard InChI is InChI=1S/C21H25N5O5S/c1-21(2)16(20(30)31)26-18(29)15(19(26)32-21)24-17(28)14(12-6-4-3-5-7-12)23-13(27)10-25-9-8-22-11-25/h3-7,11,14-16,19H,8-10H2,1-2H3,(H,23,27)(H,24,28)(H,30,31)/t14?,15?,16-,19+/m0/s1. The number of aliphatic imine (C=N–C) groups is 1. The van der Waals surface area contributed by atoms with Crippen molar-refractivity contribution in [3.8, 4) is 0 Å². The Hall–Kier alpha value is -3.08. The Morgan fingerprint density at radius 2 is 2.00 bits per heavy atom. The van der Waals surface area contributed by atoms with Gasteiger partial charge >= 0.3 is 5.97 Å². The second-order valence-electron chi connectivity index (χ2n) is 8.49. The van der Waals surface area contributed by atoms with Gasteiger partial charge in [0.2, 0.25) is 17.7 Å². The molecule has 3 N–H and O–H groups in total. The van der Waals surface area contributed by atoms with Gasteiger partial charge in [0.15, 0.2) is 0 Å². The molecule has 0 spiro atoms. The van der Waals surface area contributed by atoms with Gasteiger partial charge in [0.25, 0.3) is 0 Å². The van der Waals surface area contributed by atoms with Crippen molar-refractivity contribution in [2.24, 2.45) is 4.99 Å². The zero-order chi connectivity index (χ0) is 23.0. The number of carbonyl (C=O) groups excluding carboxylic acids is 3. The molecule has 0 bridgehead atoms. The van der Waals surface area contributed by atoms with E-state index < -0.39 is 46.0 Å². The molecule has 2 fully saturated rings. The number of thioether (sulfide) groups is 1. The van der Waals surface area contributed by atoms with Crippen molar-refractivity contribution in [3.63, 3.8) is 0 Å². The summed E-state index contributed by atoms with van der Waals surface area (Å²) in [5, 5.41) is 14.6. The van der Waals surface area contributed by atoms with Crippen molar-refractivity contribution in [1.82, 2.24) is 20.4 Å². The van der Waals surface area contributed by atoms with Crippen molar-refractivity contribution in [2.45, 2.75) is 42.1 Å². The molecule has 0 aromatic heterocycles. The average molecular weight is 460 g/mol. The Morgan fingerprint density at radius 3 is 2.62 bits per heavy atom. The van der Waals surface area contributed by atoms with Crippen molar-refractivity contribution >= 4 is 41.8 Å². The molecular formula is C21H25N5O5S. The predicted molar refractivity (Wildman–Crippen MR) is 118 cm³/mol. The fraction of sp³-hybridized carbons (Fsp3) is 0.476. The molecule has 4 atom stereocenters. The lowest BCUT2D eigenvalue weighted by Gasteiger charge is -2.44. The van der Waals surface area contributed by atoms with Crippen LogP contribution in [0.1, 0.15) is 25.5 Å². The monoisotopic (exact) mass is 459 g/mol. The summed E-state index contributed by atoms with van der Waals surface area (Å²) in [7, 11) is 0. The van der Waals surface area contributed by atoms with Crippen LogP contribution < -0.4 is 10.6 Å². The minimum atomic E-state index is -1.07. The second kappa shape index (κ2) is 8.45. The lowest BCUT2D eigenvalue weighted by molar-refractivity contribution is -0.161. The Morgan fingerprint density at radius 1 is 1.28 bits per heavy atom. The van der Waals surface area contributed by atoms with Crippen LogP contribution in [0.2, 0.25) is 0 Å². The zero-order valence-electron chi connectivity index (χ0n) is 17.7. The van der Waals surface area contributed by atoms with E-state index in [2.05, 4.69) is 15.6 Å². The molecule has 3 aliphatic heterocycles. The van der Waals surface area contributed by atoms with Gasteiger partial charge in [0.05, 0.1) is 19.4 Å². The van der Waals surface area contributed by atoms with Gasteiger partial charge < -0.3 is 25.5 Å². The Bertz CT molecular complexity index is 969. The molecular weight excluding hydrogens is 434 g/mol. The maximum Gasteiger partial charge on any atom is 0.327 e. The average Bonchev–Trinajstić information content (AvgIpc) is 3.34. The van der Waals surface area contributed by atoms with Crippen LogP contribution in [0.15, 0.2) is 35.3 Å². The Kier molecular flexibility index (Phi) is 5.85. The molecule has 0 radical (unpaired) electrons. The SMILES string of the molecule is CC1(C)S[C@@H]2C(NC(=O)C(NC(=O)CN3C=NCC3)c3ccccc3)C(=O)N2[C@H]1C(=O)O. The summed E-state index contributed by atoms with van der Waals surface area (Å²) in [5.74, 6) is -2.36. The largest absolute Gasteiger partial charge is 0.480 e. The number of benzene rings is 1. The molecule has 32 heavy (non-hydrogen) atoms. The van der Waals surface area contributed by atoms with E-state index in [0.29, 0.717) is 18.7 Å². The minimum absolute atomic E-state index is 0.0726. The highest BCUT2D eigenvalue weighted by molar-refractivity contribution is 8.01. The number of carboxylic acids is 1. The van der Waals surface area contributed by atoms with E-state index in [9.17, 15) is 24.3 Å². The molecule has 0 aliphatic carbocycles. The van der Waals surface area contributed by atoms with E-state index in [0.717, 1.165) is 0 Å². The highest BCUT2D eigenvalue weighted by Crippen LogP contribution is 2.50. The van der Waals surface area contributed by atoms with Gasteiger partial charge in [-0.3, -0.25) is 19.4 Å². The molecule has 2 unspecified atom stereocenters. The molecule has 1 aromatic rings. The van der Waals surface area contributed by atoms with Crippen molar-refractivity contribution in [3.05, 3.63) is 35.9 Å². The van der Waals surface area contributed by atoms with Gasteiger partial charge in [-0.05, 0) is 19.4 Å². The molecule has 2 saturated heterocycles. The third kappa shape index (κ3) is 4.04. The normalized spacial score (nSPS) is 26.3. The lowest BCUT2D eigenvalue weighted by atomic mass is 9.95. The third-order valence-electron chi connectivity index (χ3n) is 5.78. The number of hydrogen-bond acceptors (Lipinski definition) is 7. The number of β-lactam (4-membered cyclic amide) rings is 1. The number of nitrogens with zero attached hydrogens (tertiary/aromatic N) is 3. The third-order valence-corrected chi connectivity index (χ3v) is 7.35. The number of carbonyl (C=O) groups is 4. The number of amides is 3. The highest BCUT2D eigenvalue weighted by atomic mass is 32.2. The maximum absolute atomic E-state index is 13.2. The van der Waals surface area contributed by atoms with E-state index in [-0.39, 0.29) is 12.5 Å². The van der Waals surface area contributed by atoms with E-state index in [4.69, 9.17) is 0 Å². The van der Waals surface area contributed by atoms with Crippen LogP contribution >= 0.6 is 11.8 Å². The predicted octanol–water partition coefficient (Wildman–Crippen LogP) is -0.180.